The van der Waals surface area contributed by atoms with Crippen molar-refractivity contribution in [2.45, 2.75) is 0 Å². The molecule has 9 rings (SSSR count). The molecule has 0 bridgehead atoms. The molecule has 0 fully saturated rings. The predicted molar refractivity (Wildman–Crippen MR) is 257 cm³/mol. The van der Waals surface area contributed by atoms with Crippen LogP contribution >= 0.6 is 23.8 Å². The third-order valence-corrected chi connectivity index (χ3v) is 17.5. The van der Waals surface area contributed by atoms with Gasteiger partial charge in [0, 0.05) is 17.1 Å². The summed E-state index contributed by atoms with van der Waals surface area (Å²) in [6.45, 7) is 0. The fourth-order valence-electron chi connectivity index (χ4n) is 7.50. The molecule has 0 aliphatic rings. The van der Waals surface area contributed by atoms with Crippen molar-refractivity contribution in [3.63, 3.8) is 0 Å². The van der Waals surface area contributed by atoms with Crippen LogP contribution < -0.4 is 52.6 Å². The lowest BCUT2D eigenvalue weighted by Gasteiger charge is -2.28. The summed E-state index contributed by atoms with van der Waals surface area (Å²) in [4.78, 5) is 2.41. The number of rotatable bonds is 12. The van der Waals surface area contributed by atoms with Gasteiger partial charge < -0.3 is 4.90 Å². The van der Waals surface area contributed by atoms with E-state index >= 15 is 0 Å². The number of hydrogen-bond acceptors (Lipinski definition) is 1. The normalized spacial score (nSPS) is 11.2. The first-order valence-electron chi connectivity index (χ1n) is 19.6. The van der Waals surface area contributed by atoms with E-state index in [0.29, 0.717) is 0 Å². The molecular formula is C54H42NP3. The lowest BCUT2D eigenvalue weighted by atomic mass is 10.2. The van der Waals surface area contributed by atoms with Gasteiger partial charge in [0.05, 0.1) is 0 Å². The maximum Gasteiger partial charge on any atom is 0.0462 e. The van der Waals surface area contributed by atoms with Crippen molar-refractivity contribution in [1.29, 1.82) is 0 Å². The van der Waals surface area contributed by atoms with Gasteiger partial charge in [-0.1, -0.05) is 218 Å². The third kappa shape index (κ3) is 8.36. The Kier molecular flexibility index (Phi) is 11.8. The van der Waals surface area contributed by atoms with Crippen molar-refractivity contribution in [2.75, 3.05) is 4.90 Å². The van der Waals surface area contributed by atoms with Crippen LogP contribution in [0.1, 0.15) is 0 Å². The van der Waals surface area contributed by atoms with Gasteiger partial charge in [-0.3, -0.25) is 0 Å². The van der Waals surface area contributed by atoms with E-state index < -0.39 is 23.8 Å². The number of nitrogens with zero attached hydrogens (tertiary/aromatic N) is 1. The van der Waals surface area contributed by atoms with Crippen LogP contribution in [0, 0.1) is 0 Å². The Balaban J connectivity index is 1.13. The number of benzene rings is 9. The first-order valence-corrected chi connectivity index (χ1v) is 23.6. The summed E-state index contributed by atoms with van der Waals surface area (Å²) in [6.07, 6.45) is 0. The minimum Gasteiger partial charge on any atom is -0.311 e. The fourth-order valence-corrected chi connectivity index (χ4v) is 14.4. The van der Waals surface area contributed by atoms with Gasteiger partial charge in [-0.15, -0.1) is 0 Å². The van der Waals surface area contributed by atoms with Gasteiger partial charge in [-0.05, 0) is 108 Å². The van der Waals surface area contributed by atoms with Crippen LogP contribution in [-0.2, 0) is 0 Å². The second-order valence-electron chi connectivity index (χ2n) is 13.9. The highest BCUT2D eigenvalue weighted by Crippen LogP contribution is 2.40. The van der Waals surface area contributed by atoms with Gasteiger partial charge in [-0.25, -0.2) is 0 Å². The average Bonchev–Trinajstić information content (AvgIpc) is 3.30. The van der Waals surface area contributed by atoms with Crippen molar-refractivity contribution in [2.24, 2.45) is 0 Å². The first kappa shape index (κ1) is 37.6. The van der Waals surface area contributed by atoms with Crippen molar-refractivity contribution in [3.8, 4) is 0 Å². The van der Waals surface area contributed by atoms with Gasteiger partial charge >= 0.3 is 0 Å². The first-order chi connectivity index (χ1) is 28.8. The van der Waals surface area contributed by atoms with Crippen LogP contribution in [0.5, 0.6) is 0 Å². The zero-order valence-electron chi connectivity index (χ0n) is 32.0. The molecule has 0 N–H and O–H groups in total. The van der Waals surface area contributed by atoms with Crippen molar-refractivity contribution >= 4 is 88.6 Å². The Hall–Kier alpha value is -5.93. The maximum atomic E-state index is 2.41. The van der Waals surface area contributed by atoms with Crippen molar-refractivity contribution < 1.29 is 0 Å². The van der Waals surface area contributed by atoms with Crippen molar-refractivity contribution in [1.82, 2.24) is 0 Å². The molecule has 0 atom stereocenters. The molecular weight excluding hydrogens is 756 g/mol. The van der Waals surface area contributed by atoms with Crippen LogP contribution in [0.25, 0.3) is 0 Å². The summed E-state index contributed by atoms with van der Waals surface area (Å²) < 4.78 is 0. The summed E-state index contributed by atoms with van der Waals surface area (Å²) >= 11 is 0. The van der Waals surface area contributed by atoms with E-state index in [9.17, 15) is 0 Å². The molecule has 58 heavy (non-hydrogen) atoms. The highest BCUT2D eigenvalue weighted by Gasteiger charge is 2.22. The van der Waals surface area contributed by atoms with E-state index in [4.69, 9.17) is 0 Å². The molecule has 0 saturated heterocycles. The fraction of sp³-hybridized carbons (Fsp3) is 0. The van der Waals surface area contributed by atoms with Gasteiger partial charge in [0.2, 0.25) is 0 Å². The molecule has 9 aromatic rings. The monoisotopic (exact) mass is 797 g/mol. The maximum absolute atomic E-state index is 2.41. The summed E-state index contributed by atoms with van der Waals surface area (Å²) in [7, 11) is -2.14. The summed E-state index contributed by atoms with van der Waals surface area (Å²) in [5.74, 6) is 0. The van der Waals surface area contributed by atoms with E-state index in [1.807, 2.05) is 0 Å². The summed E-state index contributed by atoms with van der Waals surface area (Å²) in [6, 6.07) is 93.5. The lowest BCUT2D eigenvalue weighted by Crippen LogP contribution is -2.22. The third-order valence-electron chi connectivity index (χ3n) is 10.2. The minimum atomic E-state index is -0.713. The molecule has 0 amide bonds. The van der Waals surface area contributed by atoms with E-state index in [0.717, 1.165) is 17.1 Å². The molecule has 0 aromatic heterocycles. The zero-order chi connectivity index (χ0) is 38.9. The topological polar surface area (TPSA) is 3.24 Å². The van der Waals surface area contributed by atoms with E-state index in [1.54, 1.807) is 0 Å². The molecule has 0 aliphatic heterocycles. The number of hydrogen-bond donors (Lipinski definition) is 0. The Labute approximate surface area is 346 Å². The quantitative estimate of drug-likeness (QED) is 0.111. The summed E-state index contributed by atoms with van der Waals surface area (Å²) in [5, 5.41) is 12.1. The van der Waals surface area contributed by atoms with Crippen molar-refractivity contribution in [3.05, 3.63) is 255 Å². The predicted octanol–water partition coefficient (Wildman–Crippen LogP) is 10.4. The molecule has 9 aromatic carbocycles. The molecule has 0 unspecified atom stereocenters. The SMILES string of the molecule is c1ccc(P(c2ccccc2)c2ccc(N(c3ccc(P(c4ccccc4)c4ccccc4)cc3)c3ccc(P(c4ccccc4)c4ccccc4)cc3)cc2)cc1. The van der Waals surface area contributed by atoms with E-state index in [1.165, 1.54) is 47.7 Å². The van der Waals surface area contributed by atoms with Gasteiger partial charge in [-0.2, -0.15) is 0 Å². The standard InChI is InChI=1S/C54H42NP3/c1-7-19-46(20-8-1)56(47-21-9-2-10-22-47)52-37-31-43(32-38-52)55(44-33-39-53(40-34-44)57(48-23-11-3-12-24-48)49-25-13-4-14-26-49)45-35-41-54(42-36-45)58(50-27-15-5-16-28-50)51-29-17-6-18-30-51/h1-42H. The molecule has 0 spiro atoms. The zero-order valence-corrected chi connectivity index (χ0v) is 34.7. The Bertz CT molecular complexity index is 2210. The second kappa shape index (κ2) is 18.1. The molecule has 0 heterocycles. The molecule has 1 nitrogen and oxygen atoms in total. The molecule has 4 heteroatoms. The molecule has 0 radical (unpaired) electrons. The van der Waals surface area contributed by atoms with Crippen LogP contribution in [0.15, 0.2) is 255 Å². The Morgan fingerprint density at radius 3 is 0.500 bits per heavy atom. The minimum absolute atomic E-state index is 0.713. The largest absolute Gasteiger partial charge is 0.311 e. The van der Waals surface area contributed by atoms with Gasteiger partial charge in [0.25, 0.3) is 0 Å². The van der Waals surface area contributed by atoms with E-state index in [2.05, 4.69) is 260 Å². The molecule has 278 valence electrons. The smallest absolute Gasteiger partial charge is 0.0462 e. The molecule has 0 aliphatic carbocycles. The van der Waals surface area contributed by atoms with Crippen LogP contribution in [0.2, 0.25) is 0 Å². The van der Waals surface area contributed by atoms with Gasteiger partial charge in [0.15, 0.2) is 0 Å². The van der Waals surface area contributed by atoms with Crippen LogP contribution in [-0.4, -0.2) is 0 Å². The van der Waals surface area contributed by atoms with Crippen LogP contribution in [0.3, 0.4) is 0 Å². The molecule has 0 saturated carbocycles. The average molecular weight is 798 g/mol. The number of anilines is 3. The Morgan fingerprint density at radius 1 is 0.172 bits per heavy atom. The highest BCUT2D eigenvalue weighted by atomic mass is 31.1. The van der Waals surface area contributed by atoms with E-state index in [-0.39, 0.29) is 0 Å². The lowest BCUT2D eigenvalue weighted by molar-refractivity contribution is 1.29. The van der Waals surface area contributed by atoms with Crippen LogP contribution in [0.4, 0.5) is 17.1 Å². The van der Waals surface area contributed by atoms with Gasteiger partial charge in [0.1, 0.15) is 0 Å². The highest BCUT2D eigenvalue weighted by molar-refractivity contribution is 7.80. The Morgan fingerprint density at radius 2 is 0.328 bits per heavy atom. The second-order valence-corrected chi connectivity index (χ2v) is 20.6. The summed E-state index contributed by atoms with van der Waals surface area (Å²) in [5.41, 5.74) is 3.38.